The van der Waals surface area contributed by atoms with Gasteiger partial charge in [0.2, 0.25) is 0 Å². The number of para-hydroxylation sites is 1. The van der Waals surface area contributed by atoms with E-state index in [2.05, 4.69) is 11.4 Å². The van der Waals surface area contributed by atoms with E-state index in [0.29, 0.717) is 0 Å². The van der Waals surface area contributed by atoms with Crippen molar-refractivity contribution >= 4 is 0 Å². The van der Waals surface area contributed by atoms with Crippen LogP contribution < -0.4 is 14.8 Å². The van der Waals surface area contributed by atoms with Gasteiger partial charge in [-0.1, -0.05) is 12.1 Å². The second kappa shape index (κ2) is 3.67. The van der Waals surface area contributed by atoms with Crippen molar-refractivity contribution in [2.24, 2.45) is 0 Å². The first-order valence-electron chi connectivity index (χ1n) is 5.89. The van der Waals surface area contributed by atoms with Gasteiger partial charge in [-0.25, -0.2) is 0 Å². The van der Waals surface area contributed by atoms with Crippen LogP contribution in [0.2, 0.25) is 0 Å². The average Bonchev–Trinajstić information content (AvgIpc) is 2.67. The highest BCUT2D eigenvalue weighted by molar-refractivity contribution is 5.50. The summed E-state index contributed by atoms with van der Waals surface area (Å²) in [6.45, 7) is 2.10. The van der Waals surface area contributed by atoms with Gasteiger partial charge in [0.05, 0.1) is 7.11 Å². The smallest absolute Gasteiger partial charge is 0.165 e. The Labute approximate surface area is 95.8 Å². The van der Waals surface area contributed by atoms with Crippen LogP contribution in [0.5, 0.6) is 11.5 Å². The highest BCUT2D eigenvalue weighted by atomic mass is 16.5. The molecule has 2 heterocycles. The van der Waals surface area contributed by atoms with Gasteiger partial charge in [0.15, 0.2) is 11.5 Å². The maximum absolute atomic E-state index is 6.19. The summed E-state index contributed by atoms with van der Waals surface area (Å²) in [4.78, 5) is 0. The molecule has 1 aromatic rings. The monoisotopic (exact) mass is 219 g/mol. The van der Waals surface area contributed by atoms with Crippen LogP contribution in [0.25, 0.3) is 0 Å². The Morgan fingerprint density at radius 1 is 1.31 bits per heavy atom. The second-order valence-corrected chi connectivity index (χ2v) is 4.66. The molecule has 16 heavy (non-hydrogen) atoms. The summed E-state index contributed by atoms with van der Waals surface area (Å²) in [5.41, 5.74) is 1.32. The van der Waals surface area contributed by atoms with E-state index in [1.807, 2.05) is 12.1 Å². The molecule has 0 aromatic heterocycles. The first-order valence-corrected chi connectivity index (χ1v) is 5.89. The van der Waals surface area contributed by atoms with Crippen molar-refractivity contribution in [3.8, 4) is 11.5 Å². The standard InChI is InChI=1S/C13H17NO2/c1-15-11-4-2-3-10-9-13(16-12(10)11)5-7-14-8-6-13/h2-4,14H,5-9H2,1H3. The van der Waals surface area contributed by atoms with E-state index in [0.717, 1.165) is 43.9 Å². The number of methoxy groups -OCH3 is 1. The van der Waals surface area contributed by atoms with Crippen molar-refractivity contribution in [3.63, 3.8) is 0 Å². The lowest BCUT2D eigenvalue weighted by atomic mass is 9.88. The third kappa shape index (κ3) is 1.47. The minimum atomic E-state index is 0.0300. The topological polar surface area (TPSA) is 30.5 Å². The molecule has 1 aromatic carbocycles. The van der Waals surface area contributed by atoms with Crippen LogP contribution in [0.15, 0.2) is 18.2 Å². The number of nitrogens with one attached hydrogen (secondary N) is 1. The molecule has 3 heteroatoms. The Hall–Kier alpha value is -1.22. The maximum Gasteiger partial charge on any atom is 0.165 e. The Bertz CT molecular complexity index is 397. The lowest BCUT2D eigenvalue weighted by Crippen LogP contribution is -2.45. The summed E-state index contributed by atoms with van der Waals surface area (Å²) in [7, 11) is 1.70. The highest BCUT2D eigenvalue weighted by Crippen LogP contribution is 2.44. The summed E-state index contributed by atoms with van der Waals surface area (Å²) in [5, 5.41) is 3.38. The van der Waals surface area contributed by atoms with Gasteiger partial charge in [0.1, 0.15) is 5.60 Å². The maximum atomic E-state index is 6.19. The van der Waals surface area contributed by atoms with Gasteiger partial charge in [0, 0.05) is 12.0 Å². The van der Waals surface area contributed by atoms with Gasteiger partial charge in [-0.3, -0.25) is 0 Å². The number of fused-ring (bicyclic) bond motifs is 1. The first kappa shape index (κ1) is 9.97. The molecule has 86 valence electrons. The van der Waals surface area contributed by atoms with Gasteiger partial charge in [-0.15, -0.1) is 0 Å². The Morgan fingerprint density at radius 2 is 2.12 bits per heavy atom. The quantitative estimate of drug-likeness (QED) is 0.780. The zero-order valence-corrected chi connectivity index (χ0v) is 9.58. The van der Waals surface area contributed by atoms with Gasteiger partial charge >= 0.3 is 0 Å². The van der Waals surface area contributed by atoms with E-state index in [4.69, 9.17) is 9.47 Å². The molecular formula is C13H17NO2. The van der Waals surface area contributed by atoms with Crippen LogP contribution in [0.1, 0.15) is 18.4 Å². The molecule has 0 unspecified atom stereocenters. The van der Waals surface area contributed by atoms with Crippen molar-refractivity contribution in [2.75, 3.05) is 20.2 Å². The molecule has 0 saturated carbocycles. The number of piperidine rings is 1. The van der Waals surface area contributed by atoms with E-state index >= 15 is 0 Å². The summed E-state index contributed by atoms with van der Waals surface area (Å²) in [6.07, 6.45) is 3.21. The summed E-state index contributed by atoms with van der Waals surface area (Å²) >= 11 is 0. The second-order valence-electron chi connectivity index (χ2n) is 4.66. The normalized spacial score (nSPS) is 21.6. The fourth-order valence-electron chi connectivity index (χ4n) is 2.74. The lowest BCUT2D eigenvalue weighted by Gasteiger charge is -2.33. The molecule has 2 aliphatic rings. The van der Waals surface area contributed by atoms with Gasteiger partial charge in [-0.05, 0) is 32.0 Å². The van der Waals surface area contributed by atoms with Gasteiger partial charge in [-0.2, -0.15) is 0 Å². The predicted octanol–water partition coefficient (Wildman–Crippen LogP) is 1.75. The molecular weight excluding hydrogens is 202 g/mol. The number of hydrogen-bond acceptors (Lipinski definition) is 3. The van der Waals surface area contributed by atoms with Gasteiger partial charge < -0.3 is 14.8 Å². The fourth-order valence-corrected chi connectivity index (χ4v) is 2.74. The van der Waals surface area contributed by atoms with Crippen LogP contribution in [-0.2, 0) is 6.42 Å². The van der Waals surface area contributed by atoms with E-state index < -0.39 is 0 Å². The largest absolute Gasteiger partial charge is 0.493 e. The molecule has 0 bridgehead atoms. The highest BCUT2D eigenvalue weighted by Gasteiger charge is 2.41. The van der Waals surface area contributed by atoms with Crippen molar-refractivity contribution in [3.05, 3.63) is 23.8 Å². The Morgan fingerprint density at radius 3 is 2.88 bits per heavy atom. The molecule has 2 aliphatic heterocycles. The predicted molar refractivity (Wildman–Crippen MR) is 62.2 cm³/mol. The molecule has 3 rings (SSSR count). The minimum absolute atomic E-state index is 0.0300. The molecule has 1 spiro atoms. The van der Waals surface area contributed by atoms with Crippen molar-refractivity contribution in [1.29, 1.82) is 0 Å². The summed E-state index contributed by atoms with van der Waals surface area (Å²) in [5.74, 6) is 1.83. The summed E-state index contributed by atoms with van der Waals surface area (Å²) < 4.78 is 11.5. The number of hydrogen-bond donors (Lipinski definition) is 1. The average molecular weight is 219 g/mol. The molecule has 0 atom stereocenters. The molecule has 1 N–H and O–H groups in total. The molecule has 0 amide bonds. The van der Waals surface area contributed by atoms with E-state index in [9.17, 15) is 0 Å². The summed E-state index contributed by atoms with van der Waals surface area (Å²) in [6, 6.07) is 6.16. The zero-order chi connectivity index (χ0) is 11.0. The van der Waals surface area contributed by atoms with Crippen LogP contribution in [-0.4, -0.2) is 25.8 Å². The van der Waals surface area contributed by atoms with Crippen molar-refractivity contribution in [1.82, 2.24) is 5.32 Å². The van der Waals surface area contributed by atoms with E-state index in [1.54, 1.807) is 7.11 Å². The molecule has 0 aliphatic carbocycles. The lowest BCUT2D eigenvalue weighted by molar-refractivity contribution is 0.0577. The molecule has 3 nitrogen and oxygen atoms in total. The minimum Gasteiger partial charge on any atom is -0.493 e. The van der Waals surface area contributed by atoms with Crippen LogP contribution in [0.3, 0.4) is 0 Å². The number of benzene rings is 1. The first-order chi connectivity index (χ1) is 7.83. The third-order valence-corrected chi connectivity index (χ3v) is 3.63. The van der Waals surface area contributed by atoms with Crippen molar-refractivity contribution in [2.45, 2.75) is 24.9 Å². The molecule has 0 radical (unpaired) electrons. The van der Waals surface area contributed by atoms with Gasteiger partial charge in [0.25, 0.3) is 0 Å². The SMILES string of the molecule is COc1cccc2c1OC1(CCNCC1)C2. The Balaban J connectivity index is 1.93. The third-order valence-electron chi connectivity index (χ3n) is 3.63. The van der Waals surface area contributed by atoms with Crippen molar-refractivity contribution < 1.29 is 9.47 Å². The van der Waals surface area contributed by atoms with E-state index in [-0.39, 0.29) is 5.60 Å². The van der Waals surface area contributed by atoms with Crippen LogP contribution >= 0.6 is 0 Å². The molecule has 1 fully saturated rings. The number of ether oxygens (including phenoxy) is 2. The van der Waals surface area contributed by atoms with E-state index in [1.165, 1.54) is 5.56 Å². The van der Waals surface area contributed by atoms with Crippen LogP contribution in [0.4, 0.5) is 0 Å². The zero-order valence-electron chi connectivity index (χ0n) is 9.58. The van der Waals surface area contributed by atoms with Crippen LogP contribution in [0, 0.1) is 0 Å². The molecule has 1 saturated heterocycles. The fraction of sp³-hybridized carbons (Fsp3) is 0.538. The number of rotatable bonds is 1. The Kier molecular flexibility index (Phi) is 2.28.